The molecule has 1 saturated carbocycles. The largest absolute Gasteiger partial charge is 0.472 e. The van der Waals surface area contributed by atoms with Crippen molar-refractivity contribution in [3.8, 4) is 0 Å². The van der Waals surface area contributed by atoms with Crippen LogP contribution in [-0.4, -0.2) is 24.1 Å². The van der Waals surface area contributed by atoms with E-state index in [1.807, 2.05) is 13.0 Å². The van der Waals surface area contributed by atoms with E-state index in [1.165, 1.54) is 12.2 Å². The summed E-state index contributed by atoms with van der Waals surface area (Å²) in [5.74, 6) is -0.459. The zero-order valence-corrected chi connectivity index (χ0v) is 14.5. The maximum atomic E-state index is 12.4. The molecule has 0 spiro atoms. The van der Waals surface area contributed by atoms with Crippen LogP contribution >= 0.6 is 0 Å². The standard InChI is InChI=1S/C20H24O5/c1-3-11-25-19(23)13-16(21)6-4-5-10-20(2)17(7-8-18(20)22)15-9-12-24-14-15/h3-4,6,9,12,14,17H,1,5,7-8,10-11,13H2,2H3/b6-4+/t17-,20-/m1/s1. The van der Waals surface area contributed by atoms with Crippen molar-refractivity contribution < 1.29 is 23.5 Å². The van der Waals surface area contributed by atoms with Crippen LogP contribution in [0.25, 0.3) is 0 Å². The maximum absolute atomic E-state index is 12.4. The van der Waals surface area contributed by atoms with E-state index in [4.69, 9.17) is 9.15 Å². The van der Waals surface area contributed by atoms with Crippen LogP contribution in [0.1, 0.15) is 50.5 Å². The van der Waals surface area contributed by atoms with E-state index in [2.05, 4.69) is 6.58 Å². The molecule has 1 fully saturated rings. The maximum Gasteiger partial charge on any atom is 0.313 e. The van der Waals surface area contributed by atoms with E-state index in [9.17, 15) is 14.4 Å². The van der Waals surface area contributed by atoms with Gasteiger partial charge in [-0.2, -0.15) is 0 Å². The molecule has 0 bridgehead atoms. The number of Topliss-reactive ketones (excluding diaryl/α,β-unsaturated/α-hetero) is 1. The van der Waals surface area contributed by atoms with Gasteiger partial charge in [0, 0.05) is 11.8 Å². The lowest BCUT2D eigenvalue weighted by Crippen LogP contribution is -2.27. The first kappa shape index (κ1) is 18.9. The highest BCUT2D eigenvalue weighted by molar-refractivity contribution is 6.01. The van der Waals surface area contributed by atoms with Gasteiger partial charge in [0.15, 0.2) is 5.78 Å². The molecule has 1 aromatic heterocycles. The zero-order chi connectivity index (χ0) is 18.3. The highest BCUT2D eigenvalue weighted by Crippen LogP contribution is 2.49. The minimum absolute atomic E-state index is 0.103. The Bertz CT molecular complexity index is 656. The molecule has 1 heterocycles. The number of hydrogen-bond donors (Lipinski definition) is 0. The minimum Gasteiger partial charge on any atom is -0.472 e. The summed E-state index contributed by atoms with van der Waals surface area (Å²) in [5, 5.41) is 0. The van der Waals surface area contributed by atoms with Crippen molar-refractivity contribution in [2.24, 2.45) is 5.41 Å². The molecule has 1 aromatic rings. The van der Waals surface area contributed by atoms with Gasteiger partial charge in [-0.3, -0.25) is 14.4 Å². The third-order valence-electron chi connectivity index (χ3n) is 4.83. The van der Waals surface area contributed by atoms with Crippen molar-refractivity contribution in [1.29, 1.82) is 0 Å². The number of hydrogen-bond acceptors (Lipinski definition) is 5. The van der Waals surface area contributed by atoms with Gasteiger partial charge in [-0.15, -0.1) is 0 Å². The molecule has 0 aromatic carbocycles. The molecule has 0 radical (unpaired) electrons. The molecule has 1 aliphatic carbocycles. The fourth-order valence-electron chi connectivity index (χ4n) is 3.40. The van der Waals surface area contributed by atoms with Crippen LogP contribution < -0.4 is 0 Å². The van der Waals surface area contributed by atoms with E-state index in [1.54, 1.807) is 18.6 Å². The molecule has 0 N–H and O–H groups in total. The summed E-state index contributed by atoms with van der Waals surface area (Å²) in [6, 6.07) is 1.91. The molecule has 5 heteroatoms. The SMILES string of the molecule is C=CCOC(=O)CC(=O)/C=C/CC[C@@]1(C)C(=O)CC[C@@H]1c1ccoc1. The van der Waals surface area contributed by atoms with Crippen molar-refractivity contribution in [3.63, 3.8) is 0 Å². The summed E-state index contributed by atoms with van der Waals surface area (Å²) < 4.78 is 9.93. The van der Waals surface area contributed by atoms with Crippen molar-refractivity contribution in [3.05, 3.63) is 49.0 Å². The fourth-order valence-corrected chi connectivity index (χ4v) is 3.40. The molecule has 134 valence electrons. The van der Waals surface area contributed by atoms with Gasteiger partial charge in [-0.1, -0.05) is 25.7 Å². The van der Waals surface area contributed by atoms with Gasteiger partial charge in [-0.25, -0.2) is 0 Å². The summed E-state index contributed by atoms with van der Waals surface area (Å²) in [4.78, 5) is 35.4. The number of carbonyl (C=O) groups is 3. The van der Waals surface area contributed by atoms with Crippen molar-refractivity contribution in [2.75, 3.05) is 6.61 Å². The van der Waals surface area contributed by atoms with Crippen LogP contribution in [0.5, 0.6) is 0 Å². The second-order valence-corrected chi connectivity index (χ2v) is 6.54. The Morgan fingerprint density at radius 3 is 2.96 bits per heavy atom. The molecule has 0 unspecified atom stereocenters. The van der Waals surface area contributed by atoms with Crippen LogP contribution in [0.3, 0.4) is 0 Å². The third-order valence-corrected chi connectivity index (χ3v) is 4.83. The lowest BCUT2D eigenvalue weighted by atomic mass is 9.73. The molecule has 25 heavy (non-hydrogen) atoms. The Balaban J connectivity index is 1.86. The number of furan rings is 1. The first-order valence-corrected chi connectivity index (χ1v) is 8.48. The second-order valence-electron chi connectivity index (χ2n) is 6.54. The minimum atomic E-state index is -0.562. The molecule has 0 saturated heterocycles. The van der Waals surface area contributed by atoms with Crippen LogP contribution in [0.15, 0.2) is 47.8 Å². The Labute approximate surface area is 147 Å². The molecule has 5 nitrogen and oxygen atoms in total. The first-order chi connectivity index (χ1) is 12.0. The van der Waals surface area contributed by atoms with Crippen LogP contribution in [-0.2, 0) is 19.1 Å². The van der Waals surface area contributed by atoms with Crippen LogP contribution in [0.4, 0.5) is 0 Å². The zero-order valence-electron chi connectivity index (χ0n) is 14.5. The molecule has 0 aliphatic heterocycles. The predicted molar refractivity (Wildman–Crippen MR) is 93.0 cm³/mol. The molecular weight excluding hydrogens is 320 g/mol. The lowest BCUT2D eigenvalue weighted by molar-refractivity contribution is -0.144. The Morgan fingerprint density at radius 1 is 1.48 bits per heavy atom. The monoisotopic (exact) mass is 344 g/mol. The summed E-state index contributed by atoms with van der Waals surface area (Å²) in [6.45, 7) is 5.53. The number of allylic oxidation sites excluding steroid dienone is 2. The molecule has 2 atom stereocenters. The summed E-state index contributed by atoms with van der Waals surface area (Å²) in [7, 11) is 0. The highest BCUT2D eigenvalue weighted by atomic mass is 16.5. The average molecular weight is 344 g/mol. The summed E-state index contributed by atoms with van der Waals surface area (Å²) in [6.07, 6.45) is 10.3. The molecule has 0 amide bonds. The van der Waals surface area contributed by atoms with Gasteiger partial charge in [-0.05, 0) is 42.9 Å². The predicted octanol–water partition coefficient (Wildman–Crippen LogP) is 3.76. The van der Waals surface area contributed by atoms with Gasteiger partial charge >= 0.3 is 5.97 Å². The number of esters is 1. The topological polar surface area (TPSA) is 73.6 Å². The summed E-state index contributed by atoms with van der Waals surface area (Å²) in [5.41, 5.74) is 0.610. The second kappa shape index (κ2) is 8.60. The quantitative estimate of drug-likeness (QED) is 0.295. The summed E-state index contributed by atoms with van der Waals surface area (Å²) >= 11 is 0. The van der Waals surface area contributed by atoms with E-state index in [0.29, 0.717) is 19.3 Å². The fraction of sp³-hybridized carbons (Fsp3) is 0.450. The van der Waals surface area contributed by atoms with Crippen LogP contribution in [0.2, 0.25) is 0 Å². The van der Waals surface area contributed by atoms with E-state index >= 15 is 0 Å². The first-order valence-electron chi connectivity index (χ1n) is 8.48. The van der Waals surface area contributed by atoms with Crippen molar-refractivity contribution >= 4 is 17.5 Å². The molecule has 2 rings (SSSR count). The van der Waals surface area contributed by atoms with Gasteiger partial charge in [0.2, 0.25) is 0 Å². The van der Waals surface area contributed by atoms with Crippen molar-refractivity contribution in [2.45, 2.75) is 44.9 Å². The Morgan fingerprint density at radius 2 is 2.28 bits per heavy atom. The Kier molecular flexibility index (Phi) is 6.51. The molecule has 1 aliphatic rings. The lowest BCUT2D eigenvalue weighted by Gasteiger charge is -2.29. The highest BCUT2D eigenvalue weighted by Gasteiger charge is 2.46. The van der Waals surface area contributed by atoms with E-state index in [-0.39, 0.29) is 30.5 Å². The van der Waals surface area contributed by atoms with Gasteiger partial charge in [0.05, 0.1) is 12.5 Å². The van der Waals surface area contributed by atoms with E-state index < -0.39 is 11.4 Å². The van der Waals surface area contributed by atoms with Gasteiger partial charge in [0.1, 0.15) is 18.8 Å². The normalized spacial score (nSPS) is 23.1. The number of ketones is 2. The van der Waals surface area contributed by atoms with Crippen LogP contribution in [0, 0.1) is 5.41 Å². The molecular formula is C20H24O5. The third kappa shape index (κ3) is 4.78. The van der Waals surface area contributed by atoms with Gasteiger partial charge < -0.3 is 9.15 Å². The smallest absolute Gasteiger partial charge is 0.313 e. The van der Waals surface area contributed by atoms with E-state index in [0.717, 1.165) is 12.0 Å². The van der Waals surface area contributed by atoms with Crippen molar-refractivity contribution in [1.82, 2.24) is 0 Å². The number of carbonyl (C=O) groups excluding carboxylic acids is 3. The Hall–Kier alpha value is -2.43. The average Bonchev–Trinajstić information content (AvgIpc) is 3.19. The number of ether oxygens (including phenoxy) is 1. The number of rotatable bonds is 9. The van der Waals surface area contributed by atoms with Gasteiger partial charge in [0.25, 0.3) is 0 Å².